The summed E-state index contributed by atoms with van der Waals surface area (Å²) in [6.45, 7) is 0.420. The van der Waals surface area contributed by atoms with Gasteiger partial charge < -0.3 is 15.0 Å². The van der Waals surface area contributed by atoms with Crippen LogP contribution in [0.25, 0.3) is 0 Å². The number of halogens is 1. The minimum Gasteiger partial charge on any atom is -0.497 e. The van der Waals surface area contributed by atoms with Crippen molar-refractivity contribution < 1.29 is 18.7 Å². The number of thiophene rings is 1. The summed E-state index contributed by atoms with van der Waals surface area (Å²) in [4.78, 5) is 30.4. The van der Waals surface area contributed by atoms with Crippen molar-refractivity contribution in [2.24, 2.45) is 0 Å². The molecule has 1 N–H and O–H groups in total. The van der Waals surface area contributed by atoms with E-state index in [-0.39, 0.29) is 18.2 Å². The second kappa shape index (κ2) is 9.46. The maximum absolute atomic E-state index is 13.4. The molecular formula is C23H20FN3O3S2. The van der Waals surface area contributed by atoms with Crippen molar-refractivity contribution in [1.29, 1.82) is 0 Å². The SMILES string of the molecule is COc1ccc(N2C(=O)[C@H](CC(=O)Nc3ccc(F)cc3)N(Cc3cccs3)C2=S)cc1. The number of hydrogen-bond acceptors (Lipinski definition) is 5. The van der Waals surface area contributed by atoms with E-state index in [1.54, 1.807) is 47.6 Å². The minimum absolute atomic E-state index is 0.0889. The first-order chi connectivity index (χ1) is 15.5. The van der Waals surface area contributed by atoms with E-state index in [0.717, 1.165) is 4.88 Å². The van der Waals surface area contributed by atoms with Crippen LogP contribution in [0, 0.1) is 5.82 Å². The number of carbonyl (C=O) groups excluding carboxylic acids is 2. The fourth-order valence-corrected chi connectivity index (χ4v) is 4.56. The van der Waals surface area contributed by atoms with E-state index in [2.05, 4.69) is 5.32 Å². The van der Waals surface area contributed by atoms with Crippen molar-refractivity contribution in [2.75, 3.05) is 17.3 Å². The molecule has 0 saturated carbocycles. The number of nitrogens with zero attached hydrogens (tertiary/aromatic N) is 2. The summed E-state index contributed by atoms with van der Waals surface area (Å²) >= 11 is 7.22. The number of thiocarbonyl (C=S) groups is 1. The molecule has 1 aromatic heterocycles. The van der Waals surface area contributed by atoms with Gasteiger partial charge in [-0.15, -0.1) is 11.3 Å². The number of amides is 2. The molecule has 0 bridgehead atoms. The Morgan fingerprint density at radius 2 is 1.88 bits per heavy atom. The molecule has 3 aromatic rings. The molecule has 1 atom stereocenters. The van der Waals surface area contributed by atoms with Gasteiger partial charge in [-0.2, -0.15) is 0 Å². The fraction of sp³-hybridized carbons (Fsp3) is 0.174. The zero-order chi connectivity index (χ0) is 22.7. The molecule has 4 rings (SSSR count). The Hall–Kier alpha value is -3.30. The lowest BCUT2D eigenvalue weighted by atomic mass is 10.1. The number of ether oxygens (including phenoxy) is 1. The number of anilines is 2. The van der Waals surface area contributed by atoms with Crippen LogP contribution in [0.2, 0.25) is 0 Å². The Bertz CT molecular complexity index is 1120. The molecule has 6 nitrogen and oxygen atoms in total. The van der Waals surface area contributed by atoms with Crippen LogP contribution in [0.1, 0.15) is 11.3 Å². The number of rotatable bonds is 7. The first kappa shape index (κ1) is 21.9. The average Bonchev–Trinajstić information content (AvgIpc) is 3.38. The lowest BCUT2D eigenvalue weighted by Crippen LogP contribution is -2.37. The quantitative estimate of drug-likeness (QED) is 0.519. The number of nitrogens with one attached hydrogen (secondary N) is 1. The van der Waals surface area contributed by atoms with Crippen LogP contribution in [0.3, 0.4) is 0 Å². The van der Waals surface area contributed by atoms with Gasteiger partial charge in [0, 0.05) is 10.6 Å². The van der Waals surface area contributed by atoms with Crippen molar-refractivity contribution in [3.63, 3.8) is 0 Å². The summed E-state index contributed by atoms with van der Waals surface area (Å²) in [6, 6.07) is 15.6. The van der Waals surface area contributed by atoms with E-state index >= 15 is 0 Å². The van der Waals surface area contributed by atoms with Crippen molar-refractivity contribution in [3.05, 3.63) is 76.7 Å². The van der Waals surface area contributed by atoms with Crippen molar-refractivity contribution in [2.45, 2.75) is 19.0 Å². The highest BCUT2D eigenvalue weighted by Crippen LogP contribution is 2.30. The van der Waals surface area contributed by atoms with Gasteiger partial charge in [-0.1, -0.05) is 6.07 Å². The summed E-state index contributed by atoms with van der Waals surface area (Å²) in [5, 5.41) is 5.01. The molecule has 1 aliphatic rings. The Kier molecular flexibility index (Phi) is 6.48. The van der Waals surface area contributed by atoms with Gasteiger partial charge in [0.25, 0.3) is 5.91 Å². The molecule has 1 fully saturated rings. The first-order valence-electron chi connectivity index (χ1n) is 9.82. The van der Waals surface area contributed by atoms with E-state index < -0.39 is 11.9 Å². The van der Waals surface area contributed by atoms with Gasteiger partial charge in [-0.3, -0.25) is 14.5 Å². The van der Waals surface area contributed by atoms with Crippen LogP contribution in [0.15, 0.2) is 66.0 Å². The third-order valence-corrected chi connectivity index (χ3v) is 6.34. The highest BCUT2D eigenvalue weighted by Gasteiger charge is 2.44. The largest absolute Gasteiger partial charge is 0.497 e. The molecule has 9 heteroatoms. The molecule has 0 unspecified atom stereocenters. The van der Waals surface area contributed by atoms with Gasteiger partial charge in [0.15, 0.2) is 5.11 Å². The maximum Gasteiger partial charge on any atom is 0.256 e. The monoisotopic (exact) mass is 469 g/mol. The minimum atomic E-state index is -0.757. The van der Waals surface area contributed by atoms with Crippen LogP contribution in [0.4, 0.5) is 15.8 Å². The van der Waals surface area contributed by atoms with Gasteiger partial charge in [0.2, 0.25) is 5.91 Å². The molecule has 164 valence electrons. The van der Waals surface area contributed by atoms with Gasteiger partial charge in [-0.05, 0) is 72.2 Å². The van der Waals surface area contributed by atoms with Crippen molar-refractivity contribution >= 4 is 51.9 Å². The average molecular weight is 470 g/mol. The summed E-state index contributed by atoms with van der Waals surface area (Å²) in [5.74, 6) is -0.356. The standard InChI is InChI=1S/C23H20FN3O3S2/c1-30-18-10-8-17(9-11-18)27-22(29)20(26(23(27)31)14-19-3-2-12-32-19)13-21(28)25-16-6-4-15(24)5-7-16/h2-12,20H,13-14H2,1H3,(H,25,28)/t20-/m0/s1. The lowest BCUT2D eigenvalue weighted by molar-refractivity contribution is -0.124. The zero-order valence-corrected chi connectivity index (χ0v) is 18.8. The van der Waals surface area contributed by atoms with E-state index in [9.17, 15) is 14.0 Å². The van der Waals surface area contributed by atoms with Crippen molar-refractivity contribution in [1.82, 2.24) is 4.90 Å². The maximum atomic E-state index is 13.4. The fourth-order valence-electron chi connectivity index (χ4n) is 3.47. The van der Waals surface area contributed by atoms with Gasteiger partial charge in [-0.25, -0.2) is 4.39 Å². The second-order valence-corrected chi connectivity index (χ2v) is 8.53. The first-order valence-corrected chi connectivity index (χ1v) is 11.1. The third-order valence-electron chi connectivity index (χ3n) is 5.06. The van der Waals surface area contributed by atoms with Crippen molar-refractivity contribution in [3.8, 4) is 5.75 Å². The molecule has 2 amide bonds. The number of hydrogen-bond donors (Lipinski definition) is 1. The number of carbonyl (C=O) groups is 2. The Labute approximate surface area is 194 Å². The molecule has 1 aliphatic heterocycles. The molecule has 2 heterocycles. The molecular weight excluding hydrogens is 449 g/mol. The predicted molar refractivity (Wildman–Crippen MR) is 126 cm³/mol. The summed E-state index contributed by atoms with van der Waals surface area (Å²) in [6.07, 6.45) is -0.0889. The topological polar surface area (TPSA) is 61.9 Å². The van der Waals surface area contributed by atoms with E-state index in [1.807, 2.05) is 17.5 Å². The molecule has 0 spiro atoms. The zero-order valence-electron chi connectivity index (χ0n) is 17.2. The van der Waals surface area contributed by atoms with Crippen LogP contribution in [-0.2, 0) is 16.1 Å². The van der Waals surface area contributed by atoms with Crippen LogP contribution in [0.5, 0.6) is 5.75 Å². The Morgan fingerprint density at radius 1 is 1.16 bits per heavy atom. The number of methoxy groups -OCH3 is 1. The summed E-state index contributed by atoms with van der Waals surface area (Å²) in [7, 11) is 1.57. The smallest absolute Gasteiger partial charge is 0.256 e. The summed E-state index contributed by atoms with van der Waals surface area (Å²) in [5.41, 5.74) is 1.07. The lowest BCUT2D eigenvalue weighted by Gasteiger charge is -2.23. The van der Waals surface area contributed by atoms with Crippen LogP contribution < -0.4 is 15.0 Å². The third kappa shape index (κ3) is 4.63. The second-order valence-electron chi connectivity index (χ2n) is 7.14. The molecule has 0 aliphatic carbocycles. The molecule has 2 aromatic carbocycles. The summed E-state index contributed by atoms with van der Waals surface area (Å²) < 4.78 is 18.3. The van der Waals surface area contributed by atoms with Crippen LogP contribution >= 0.6 is 23.6 Å². The predicted octanol–water partition coefficient (Wildman–Crippen LogP) is 4.43. The van der Waals surface area contributed by atoms with E-state index in [0.29, 0.717) is 28.8 Å². The van der Waals surface area contributed by atoms with Crippen LogP contribution in [-0.4, -0.2) is 35.0 Å². The molecule has 1 saturated heterocycles. The Balaban J connectivity index is 1.57. The molecule has 32 heavy (non-hydrogen) atoms. The molecule has 0 radical (unpaired) electrons. The highest BCUT2D eigenvalue weighted by atomic mass is 32.1. The van der Waals surface area contributed by atoms with Gasteiger partial charge >= 0.3 is 0 Å². The van der Waals surface area contributed by atoms with Gasteiger partial charge in [0.05, 0.1) is 25.8 Å². The van der Waals surface area contributed by atoms with Gasteiger partial charge in [0.1, 0.15) is 17.6 Å². The van der Waals surface area contributed by atoms with E-state index in [1.165, 1.54) is 29.2 Å². The van der Waals surface area contributed by atoms with E-state index in [4.69, 9.17) is 17.0 Å². The Morgan fingerprint density at radius 3 is 2.50 bits per heavy atom. The normalized spacial score (nSPS) is 15.9. The number of benzene rings is 2. The highest BCUT2D eigenvalue weighted by molar-refractivity contribution is 7.80.